The Balaban J connectivity index is 1.68. The third-order valence-electron chi connectivity index (χ3n) is 3.99. The van der Waals surface area contributed by atoms with Gasteiger partial charge >= 0.3 is 0 Å². The molecule has 2 fully saturated rings. The van der Waals surface area contributed by atoms with Crippen molar-refractivity contribution in [3.05, 3.63) is 29.6 Å². The smallest absolute Gasteiger partial charge is 0.165 e. The maximum Gasteiger partial charge on any atom is 0.165 e. The molecule has 2 saturated heterocycles. The summed E-state index contributed by atoms with van der Waals surface area (Å²) in [7, 11) is 0. The lowest BCUT2D eigenvalue weighted by atomic mass is 9.91. The molecule has 0 amide bonds. The SMILES string of the molecule is OCc1ccc(OC2CCOC3(CCOC3)C2)c(F)c1. The summed E-state index contributed by atoms with van der Waals surface area (Å²) < 4.78 is 30.9. The van der Waals surface area contributed by atoms with E-state index in [0.717, 1.165) is 19.3 Å². The average Bonchev–Trinajstić information content (AvgIpc) is 2.89. The van der Waals surface area contributed by atoms with E-state index in [4.69, 9.17) is 19.3 Å². The summed E-state index contributed by atoms with van der Waals surface area (Å²) in [5, 5.41) is 8.98. The first kappa shape index (κ1) is 13.8. The van der Waals surface area contributed by atoms with Crippen LogP contribution >= 0.6 is 0 Å². The van der Waals surface area contributed by atoms with Crippen molar-refractivity contribution in [2.24, 2.45) is 0 Å². The lowest BCUT2D eigenvalue weighted by molar-refractivity contribution is -0.112. The van der Waals surface area contributed by atoms with Gasteiger partial charge in [0.25, 0.3) is 0 Å². The summed E-state index contributed by atoms with van der Waals surface area (Å²) in [6.07, 6.45) is 2.30. The Kier molecular flexibility index (Phi) is 3.92. The van der Waals surface area contributed by atoms with Gasteiger partial charge in [0, 0.05) is 25.9 Å². The van der Waals surface area contributed by atoms with Gasteiger partial charge in [-0.15, -0.1) is 0 Å². The van der Waals surface area contributed by atoms with Crippen LogP contribution < -0.4 is 4.74 Å². The standard InChI is InChI=1S/C15H19FO4/c16-13-7-11(9-17)1-2-14(13)20-12-3-5-19-15(8-12)4-6-18-10-15/h1-2,7,12,17H,3-6,8-10H2. The van der Waals surface area contributed by atoms with Crippen LogP contribution in [-0.4, -0.2) is 36.6 Å². The van der Waals surface area contributed by atoms with Crippen LogP contribution in [0.4, 0.5) is 4.39 Å². The first-order chi connectivity index (χ1) is 9.71. The molecule has 0 radical (unpaired) electrons. The van der Waals surface area contributed by atoms with Gasteiger partial charge in [-0.05, 0) is 17.7 Å². The number of rotatable bonds is 3. The molecule has 1 N–H and O–H groups in total. The van der Waals surface area contributed by atoms with E-state index < -0.39 is 5.82 Å². The molecule has 0 bridgehead atoms. The minimum absolute atomic E-state index is 0.0556. The molecule has 2 aliphatic heterocycles. The largest absolute Gasteiger partial charge is 0.487 e. The number of halogens is 1. The van der Waals surface area contributed by atoms with Gasteiger partial charge in [-0.2, -0.15) is 0 Å². The fourth-order valence-corrected chi connectivity index (χ4v) is 2.86. The summed E-state index contributed by atoms with van der Waals surface area (Å²) in [4.78, 5) is 0. The molecule has 0 aromatic heterocycles. The molecule has 110 valence electrons. The second kappa shape index (κ2) is 5.68. The van der Waals surface area contributed by atoms with Gasteiger partial charge in [0.05, 0.1) is 25.4 Å². The lowest BCUT2D eigenvalue weighted by Crippen LogP contribution is -2.44. The van der Waals surface area contributed by atoms with E-state index in [2.05, 4.69) is 0 Å². The highest BCUT2D eigenvalue weighted by Crippen LogP contribution is 2.35. The van der Waals surface area contributed by atoms with Gasteiger partial charge in [-0.25, -0.2) is 4.39 Å². The van der Waals surface area contributed by atoms with Crippen LogP contribution in [0, 0.1) is 5.82 Å². The third-order valence-corrected chi connectivity index (χ3v) is 3.99. The summed E-state index contributed by atoms with van der Waals surface area (Å²) >= 11 is 0. The first-order valence-corrected chi connectivity index (χ1v) is 6.98. The van der Waals surface area contributed by atoms with Crippen LogP contribution in [0.5, 0.6) is 5.75 Å². The first-order valence-electron chi connectivity index (χ1n) is 6.98. The van der Waals surface area contributed by atoms with Gasteiger partial charge in [0.2, 0.25) is 0 Å². The monoisotopic (exact) mass is 282 g/mol. The molecule has 2 aliphatic rings. The summed E-state index contributed by atoms with van der Waals surface area (Å²) in [5.41, 5.74) is 0.298. The Hall–Kier alpha value is -1.17. The predicted molar refractivity (Wildman–Crippen MR) is 70.1 cm³/mol. The minimum atomic E-state index is -0.431. The van der Waals surface area contributed by atoms with Gasteiger partial charge in [-0.1, -0.05) is 6.07 Å². The Bertz CT molecular complexity index is 471. The number of aliphatic hydroxyl groups is 1. The van der Waals surface area contributed by atoms with E-state index in [1.165, 1.54) is 6.07 Å². The molecule has 2 heterocycles. The molecule has 5 heteroatoms. The average molecular weight is 282 g/mol. The minimum Gasteiger partial charge on any atom is -0.487 e. The Labute approximate surface area is 117 Å². The predicted octanol–water partition coefficient (Wildman–Crippen LogP) is 2.03. The van der Waals surface area contributed by atoms with Crippen LogP contribution in [0.3, 0.4) is 0 Å². The normalized spacial score (nSPS) is 29.8. The zero-order valence-electron chi connectivity index (χ0n) is 11.3. The molecule has 2 atom stereocenters. The molecule has 0 saturated carbocycles. The molecular weight excluding hydrogens is 263 g/mol. The fraction of sp³-hybridized carbons (Fsp3) is 0.600. The van der Waals surface area contributed by atoms with E-state index >= 15 is 0 Å². The maximum absolute atomic E-state index is 13.9. The van der Waals surface area contributed by atoms with Crippen LogP contribution in [-0.2, 0) is 16.1 Å². The Morgan fingerprint density at radius 2 is 2.30 bits per heavy atom. The number of benzene rings is 1. The van der Waals surface area contributed by atoms with Crippen molar-refractivity contribution in [3.63, 3.8) is 0 Å². The topological polar surface area (TPSA) is 47.9 Å². The van der Waals surface area contributed by atoms with Crippen molar-refractivity contribution in [3.8, 4) is 5.75 Å². The van der Waals surface area contributed by atoms with Crippen LogP contribution in [0.1, 0.15) is 24.8 Å². The third kappa shape index (κ3) is 2.80. The zero-order valence-corrected chi connectivity index (χ0v) is 11.3. The molecule has 0 aliphatic carbocycles. The molecule has 1 spiro atoms. The fourth-order valence-electron chi connectivity index (χ4n) is 2.86. The second-order valence-electron chi connectivity index (χ2n) is 5.49. The summed E-state index contributed by atoms with van der Waals surface area (Å²) in [6, 6.07) is 4.56. The quantitative estimate of drug-likeness (QED) is 0.921. The van der Waals surface area contributed by atoms with Gasteiger partial charge in [-0.3, -0.25) is 0 Å². The van der Waals surface area contributed by atoms with Crippen molar-refractivity contribution < 1.29 is 23.7 Å². The van der Waals surface area contributed by atoms with Gasteiger partial charge < -0.3 is 19.3 Å². The molecule has 20 heavy (non-hydrogen) atoms. The highest BCUT2D eigenvalue weighted by atomic mass is 19.1. The van der Waals surface area contributed by atoms with Crippen molar-refractivity contribution >= 4 is 0 Å². The Morgan fingerprint density at radius 1 is 1.40 bits per heavy atom. The van der Waals surface area contributed by atoms with E-state index in [-0.39, 0.29) is 24.1 Å². The zero-order chi connectivity index (χ0) is 14.0. The molecular formula is C15H19FO4. The number of ether oxygens (including phenoxy) is 3. The van der Waals surface area contributed by atoms with Crippen LogP contribution in [0.2, 0.25) is 0 Å². The maximum atomic E-state index is 13.9. The van der Waals surface area contributed by atoms with Crippen LogP contribution in [0.25, 0.3) is 0 Å². The molecule has 2 unspecified atom stereocenters. The highest BCUT2D eigenvalue weighted by molar-refractivity contribution is 5.29. The van der Waals surface area contributed by atoms with Crippen molar-refractivity contribution in [1.82, 2.24) is 0 Å². The Morgan fingerprint density at radius 3 is 3.00 bits per heavy atom. The lowest BCUT2D eigenvalue weighted by Gasteiger charge is -2.37. The number of aliphatic hydroxyl groups excluding tert-OH is 1. The molecule has 4 nitrogen and oxygen atoms in total. The van der Waals surface area contributed by atoms with Crippen molar-refractivity contribution in [1.29, 1.82) is 0 Å². The van der Waals surface area contributed by atoms with E-state index in [0.29, 0.717) is 25.4 Å². The molecule has 1 aromatic rings. The van der Waals surface area contributed by atoms with Gasteiger partial charge in [0.1, 0.15) is 6.10 Å². The molecule has 3 rings (SSSR count). The number of hydrogen-bond acceptors (Lipinski definition) is 4. The number of hydrogen-bond donors (Lipinski definition) is 1. The van der Waals surface area contributed by atoms with Crippen LogP contribution in [0.15, 0.2) is 18.2 Å². The van der Waals surface area contributed by atoms with E-state index in [1.807, 2.05) is 0 Å². The second-order valence-corrected chi connectivity index (χ2v) is 5.49. The molecule has 1 aromatic carbocycles. The van der Waals surface area contributed by atoms with Crippen molar-refractivity contribution in [2.75, 3.05) is 19.8 Å². The summed E-state index contributed by atoms with van der Waals surface area (Å²) in [5.74, 6) is -0.192. The van der Waals surface area contributed by atoms with Crippen molar-refractivity contribution in [2.45, 2.75) is 37.6 Å². The van der Waals surface area contributed by atoms with E-state index in [1.54, 1.807) is 12.1 Å². The van der Waals surface area contributed by atoms with Gasteiger partial charge in [0.15, 0.2) is 11.6 Å². The van der Waals surface area contributed by atoms with E-state index in [9.17, 15) is 4.39 Å². The summed E-state index contributed by atoms with van der Waals surface area (Å²) in [6.45, 7) is 1.75. The highest BCUT2D eigenvalue weighted by Gasteiger charge is 2.41.